The molecule has 0 bridgehead atoms. The third-order valence-electron chi connectivity index (χ3n) is 2.78. The molecule has 0 spiro atoms. The second-order valence-electron chi connectivity index (χ2n) is 4.41. The van der Waals surface area contributed by atoms with Gasteiger partial charge in [-0.3, -0.25) is 9.59 Å². The number of thiocarbonyl (C=S) groups is 1. The van der Waals surface area contributed by atoms with Crippen LogP contribution < -0.4 is 5.43 Å². The van der Waals surface area contributed by atoms with Gasteiger partial charge >= 0.3 is 5.97 Å². The maximum absolute atomic E-state index is 12.3. The van der Waals surface area contributed by atoms with E-state index >= 15 is 0 Å². The van der Waals surface area contributed by atoms with Crippen LogP contribution in [0.2, 0.25) is 0 Å². The summed E-state index contributed by atoms with van der Waals surface area (Å²) in [7, 11) is 0. The number of nitrogens with zero attached hydrogens (tertiary/aromatic N) is 1. The summed E-state index contributed by atoms with van der Waals surface area (Å²) in [6, 6.07) is 4.20. The van der Waals surface area contributed by atoms with Crippen LogP contribution in [0.25, 0.3) is 6.08 Å². The lowest BCUT2D eigenvalue weighted by Gasteiger charge is -2.14. The van der Waals surface area contributed by atoms with Crippen LogP contribution in [0.15, 0.2) is 23.1 Å². The number of benzene rings is 1. The number of phenols is 2. The SMILES string of the molecule is CCOC(=O)CNN1C(=O)/C(=C\c2ccc(O)c(O)c2)SC1=S. The van der Waals surface area contributed by atoms with Crippen LogP contribution >= 0.6 is 24.0 Å². The predicted octanol–water partition coefficient (Wildman–Crippen LogP) is 1.37. The van der Waals surface area contributed by atoms with Gasteiger partial charge in [-0.1, -0.05) is 30.0 Å². The molecule has 0 radical (unpaired) electrons. The van der Waals surface area contributed by atoms with E-state index in [9.17, 15) is 19.8 Å². The summed E-state index contributed by atoms with van der Waals surface area (Å²) in [5.41, 5.74) is 3.15. The van der Waals surface area contributed by atoms with Crippen molar-refractivity contribution in [1.29, 1.82) is 0 Å². The Balaban J connectivity index is 2.09. The van der Waals surface area contributed by atoms with E-state index in [0.29, 0.717) is 10.5 Å². The highest BCUT2D eigenvalue weighted by atomic mass is 32.2. The topological polar surface area (TPSA) is 99.1 Å². The Morgan fingerprint density at radius 2 is 2.17 bits per heavy atom. The number of rotatable bonds is 5. The molecule has 7 nitrogen and oxygen atoms in total. The van der Waals surface area contributed by atoms with Gasteiger partial charge in [-0.2, -0.15) is 0 Å². The molecule has 9 heteroatoms. The third-order valence-corrected chi connectivity index (χ3v) is 4.08. The van der Waals surface area contributed by atoms with Crippen molar-refractivity contribution in [2.75, 3.05) is 13.2 Å². The van der Waals surface area contributed by atoms with Crippen LogP contribution in [0.1, 0.15) is 12.5 Å². The summed E-state index contributed by atoms with van der Waals surface area (Å²) in [6.45, 7) is 1.77. The Morgan fingerprint density at radius 3 is 2.83 bits per heavy atom. The molecule has 0 saturated carbocycles. The minimum atomic E-state index is -0.492. The number of carbonyl (C=O) groups is 2. The van der Waals surface area contributed by atoms with Crippen LogP contribution in [0.3, 0.4) is 0 Å². The molecule has 0 aliphatic carbocycles. The maximum atomic E-state index is 12.3. The Labute approximate surface area is 141 Å². The Morgan fingerprint density at radius 1 is 1.43 bits per heavy atom. The van der Waals surface area contributed by atoms with Crippen LogP contribution in [-0.4, -0.2) is 44.6 Å². The van der Waals surface area contributed by atoms with Gasteiger partial charge < -0.3 is 14.9 Å². The van der Waals surface area contributed by atoms with Gasteiger partial charge in [0.2, 0.25) is 0 Å². The van der Waals surface area contributed by atoms with Crippen LogP contribution in [0.4, 0.5) is 0 Å². The smallest absolute Gasteiger partial charge is 0.321 e. The number of carbonyl (C=O) groups excluding carboxylic acids is 2. The molecule has 1 heterocycles. The van der Waals surface area contributed by atoms with Crippen molar-refractivity contribution in [2.45, 2.75) is 6.92 Å². The molecule has 0 aromatic heterocycles. The monoisotopic (exact) mass is 354 g/mol. The zero-order valence-corrected chi connectivity index (χ0v) is 13.7. The Kier molecular flexibility index (Phi) is 5.59. The molecular formula is C14H14N2O5S2. The molecule has 1 amide bonds. The Bertz CT molecular complexity index is 690. The van der Waals surface area contributed by atoms with E-state index in [-0.39, 0.29) is 29.0 Å². The summed E-state index contributed by atoms with van der Waals surface area (Å²) in [4.78, 5) is 23.9. The fourth-order valence-corrected chi connectivity index (χ4v) is 2.96. The van der Waals surface area contributed by atoms with E-state index in [1.54, 1.807) is 13.0 Å². The third kappa shape index (κ3) is 4.21. The van der Waals surface area contributed by atoms with Crippen molar-refractivity contribution in [3.63, 3.8) is 0 Å². The Hall–Kier alpha value is -2.10. The number of nitrogens with one attached hydrogen (secondary N) is 1. The molecular weight excluding hydrogens is 340 g/mol. The van der Waals surface area contributed by atoms with Crippen molar-refractivity contribution in [2.24, 2.45) is 0 Å². The second kappa shape index (κ2) is 7.44. The summed E-state index contributed by atoms with van der Waals surface area (Å²) in [6.07, 6.45) is 1.53. The minimum absolute atomic E-state index is 0.173. The lowest BCUT2D eigenvalue weighted by molar-refractivity contribution is -0.143. The average Bonchev–Trinajstić information content (AvgIpc) is 2.75. The number of amides is 1. The van der Waals surface area contributed by atoms with E-state index in [0.717, 1.165) is 16.8 Å². The zero-order valence-electron chi connectivity index (χ0n) is 12.1. The van der Waals surface area contributed by atoms with E-state index in [1.165, 1.54) is 18.2 Å². The van der Waals surface area contributed by atoms with Crippen molar-refractivity contribution in [1.82, 2.24) is 10.4 Å². The van der Waals surface area contributed by atoms with Crippen molar-refractivity contribution >= 4 is 46.3 Å². The van der Waals surface area contributed by atoms with Gasteiger partial charge in [0, 0.05) is 0 Å². The largest absolute Gasteiger partial charge is 0.504 e. The first kappa shape index (κ1) is 17.3. The molecule has 0 atom stereocenters. The van der Waals surface area contributed by atoms with Gasteiger partial charge in [0.25, 0.3) is 5.91 Å². The first-order chi connectivity index (χ1) is 10.9. The van der Waals surface area contributed by atoms with E-state index in [4.69, 9.17) is 17.0 Å². The van der Waals surface area contributed by atoms with E-state index < -0.39 is 11.9 Å². The van der Waals surface area contributed by atoms with Gasteiger partial charge in [-0.15, -0.1) is 0 Å². The van der Waals surface area contributed by atoms with Crippen molar-refractivity contribution < 1.29 is 24.5 Å². The van der Waals surface area contributed by atoms with E-state index in [1.807, 2.05) is 0 Å². The first-order valence-electron chi connectivity index (χ1n) is 6.61. The normalized spacial score (nSPS) is 16.2. The fourth-order valence-electron chi connectivity index (χ4n) is 1.74. The van der Waals surface area contributed by atoms with Gasteiger partial charge in [0.1, 0.15) is 6.54 Å². The number of hydrazine groups is 1. The number of ether oxygens (including phenoxy) is 1. The molecule has 3 N–H and O–H groups in total. The molecule has 1 aliphatic heterocycles. The van der Waals surface area contributed by atoms with Gasteiger partial charge in [-0.05, 0) is 30.7 Å². The average molecular weight is 354 g/mol. The van der Waals surface area contributed by atoms with Crippen LogP contribution in [0.5, 0.6) is 11.5 Å². The molecule has 1 aromatic rings. The standard InChI is InChI=1S/C14H14N2O5S2/c1-2-21-12(19)7-15-16-13(20)11(23-14(16)22)6-8-3-4-9(17)10(18)5-8/h3-6,15,17-18H,2,7H2,1H3/b11-6+. The molecule has 2 rings (SSSR count). The summed E-state index contributed by atoms with van der Waals surface area (Å²) >= 11 is 6.16. The highest BCUT2D eigenvalue weighted by Crippen LogP contribution is 2.33. The van der Waals surface area contributed by atoms with E-state index in [2.05, 4.69) is 5.43 Å². The van der Waals surface area contributed by atoms with Gasteiger partial charge in [-0.25, -0.2) is 10.4 Å². The highest BCUT2D eigenvalue weighted by Gasteiger charge is 2.32. The zero-order chi connectivity index (χ0) is 17.0. The molecule has 1 fully saturated rings. The first-order valence-corrected chi connectivity index (χ1v) is 7.84. The number of aromatic hydroxyl groups is 2. The van der Waals surface area contributed by atoms with Crippen molar-refractivity contribution in [3.8, 4) is 11.5 Å². The molecule has 1 aromatic carbocycles. The minimum Gasteiger partial charge on any atom is -0.504 e. The molecule has 1 saturated heterocycles. The number of hydrogen-bond acceptors (Lipinski definition) is 8. The number of phenolic OH excluding ortho intramolecular Hbond substituents is 2. The molecule has 1 aliphatic rings. The quantitative estimate of drug-likeness (QED) is 0.316. The van der Waals surface area contributed by atoms with Crippen molar-refractivity contribution in [3.05, 3.63) is 28.7 Å². The summed E-state index contributed by atoms with van der Waals surface area (Å²) in [5.74, 6) is -1.42. The van der Waals surface area contributed by atoms with Gasteiger partial charge in [0.05, 0.1) is 11.5 Å². The molecule has 122 valence electrons. The predicted molar refractivity (Wildman–Crippen MR) is 89.4 cm³/mol. The highest BCUT2D eigenvalue weighted by molar-refractivity contribution is 8.26. The maximum Gasteiger partial charge on any atom is 0.321 e. The summed E-state index contributed by atoms with van der Waals surface area (Å²) in [5, 5.41) is 19.8. The molecule has 0 unspecified atom stereocenters. The fraction of sp³-hybridized carbons (Fsp3) is 0.214. The lowest BCUT2D eigenvalue weighted by atomic mass is 10.2. The number of esters is 1. The van der Waals surface area contributed by atoms with Crippen LogP contribution in [0, 0.1) is 0 Å². The van der Waals surface area contributed by atoms with Crippen LogP contribution in [-0.2, 0) is 14.3 Å². The second-order valence-corrected chi connectivity index (χ2v) is 6.08. The summed E-state index contributed by atoms with van der Waals surface area (Å²) < 4.78 is 5.02. The lowest BCUT2D eigenvalue weighted by Crippen LogP contribution is -2.44. The number of hydrogen-bond donors (Lipinski definition) is 3. The van der Waals surface area contributed by atoms with Gasteiger partial charge in [0.15, 0.2) is 15.8 Å². The number of thioether (sulfide) groups is 1. The molecule has 23 heavy (non-hydrogen) atoms.